The number of hydrogen-bond donors (Lipinski definition) is 2. The van der Waals surface area contributed by atoms with Crippen molar-refractivity contribution >= 4 is 11.6 Å². The van der Waals surface area contributed by atoms with E-state index in [4.69, 9.17) is 5.21 Å². The van der Waals surface area contributed by atoms with E-state index >= 15 is 0 Å². The normalized spacial score (nSPS) is 21.0. The highest BCUT2D eigenvalue weighted by Crippen LogP contribution is 2.36. The molecule has 0 spiro atoms. The first-order valence-electron chi connectivity index (χ1n) is 9.57. The fraction of sp³-hybridized carbons (Fsp3) is 0.526. The topological polar surface area (TPSA) is 118 Å². The van der Waals surface area contributed by atoms with Crippen LogP contribution in [0, 0.1) is 17.0 Å². The molecule has 0 saturated carbocycles. The first kappa shape index (κ1) is 18.7. The number of amides is 1. The molecule has 1 saturated heterocycles. The first-order valence-corrected chi connectivity index (χ1v) is 9.57. The number of likely N-dealkylation sites (tertiary alicyclic amines) is 1. The van der Waals surface area contributed by atoms with Crippen molar-refractivity contribution in [1.29, 1.82) is 0 Å². The molecule has 2 bridgehead atoms. The lowest BCUT2D eigenvalue weighted by Gasteiger charge is -2.43. The summed E-state index contributed by atoms with van der Waals surface area (Å²) in [6.07, 6.45) is 1.73. The average Bonchev–Trinajstić information content (AvgIpc) is 3.09. The molecule has 0 radical (unpaired) electrons. The summed E-state index contributed by atoms with van der Waals surface area (Å²) in [4.78, 5) is 27.2. The SMILES string of the molecule is CC(C)Cc1cc(C(=O)N2C[C@H]3C[C@@H](C2)c2ccc(N([O-])O)c(=O)n2C3)n[nH]1. The van der Waals surface area contributed by atoms with E-state index in [0.717, 1.165) is 24.2 Å². The molecule has 2 atom stereocenters. The van der Waals surface area contributed by atoms with Crippen molar-refractivity contribution in [2.75, 3.05) is 18.3 Å². The third-order valence-corrected chi connectivity index (χ3v) is 5.56. The Kier molecular flexibility index (Phi) is 4.72. The van der Waals surface area contributed by atoms with Gasteiger partial charge in [-0.05, 0) is 42.9 Å². The molecule has 1 fully saturated rings. The molecule has 4 heterocycles. The van der Waals surface area contributed by atoms with Crippen LogP contribution in [-0.2, 0) is 13.0 Å². The Labute approximate surface area is 162 Å². The second kappa shape index (κ2) is 7.06. The van der Waals surface area contributed by atoms with Gasteiger partial charge in [-0.25, -0.2) is 0 Å². The van der Waals surface area contributed by atoms with E-state index in [9.17, 15) is 14.8 Å². The minimum Gasteiger partial charge on any atom is -0.733 e. The summed E-state index contributed by atoms with van der Waals surface area (Å²) in [7, 11) is 0. The van der Waals surface area contributed by atoms with Crippen molar-refractivity contribution in [3.05, 3.63) is 50.8 Å². The van der Waals surface area contributed by atoms with Crippen LogP contribution in [0.1, 0.15) is 48.1 Å². The molecule has 0 aromatic carbocycles. The maximum atomic E-state index is 12.9. The summed E-state index contributed by atoms with van der Waals surface area (Å²) in [6.45, 7) is 5.69. The number of anilines is 1. The number of rotatable bonds is 4. The van der Waals surface area contributed by atoms with Crippen molar-refractivity contribution in [3.8, 4) is 0 Å². The van der Waals surface area contributed by atoms with Gasteiger partial charge in [0, 0.05) is 36.9 Å². The van der Waals surface area contributed by atoms with Crippen molar-refractivity contribution in [2.24, 2.45) is 11.8 Å². The van der Waals surface area contributed by atoms with Gasteiger partial charge in [0.2, 0.25) is 0 Å². The van der Waals surface area contributed by atoms with Crippen LogP contribution in [0.5, 0.6) is 0 Å². The molecule has 0 aliphatic carbocycles. The monoisotopic (exact) mass is 386 g/mol. The lowest BCUT2D eigenvalue weighted by atomic mass is 9.83. The van der Waals surface area contributed by atoms with Gasteiger partial charge in [-0.2, -0.15) is 5.10 Å². The largest absolute Gasteiger partial charge is 0.733 e. The van der Waals surface area contributed by atoms with Gasteiger partial charge in [0.15, 0.2) is 0 Å². The van der Waals surface area contributed by atoms with Crippen LogP contribution in [0.25, 0.3) is 0 Å². The molecule has 1 amide bonds. The van der Waals surface area contributed by atoms with E-state index in [1.807, 2.05) is 11.0 Å². The van der Waals surface area contributed by atoms with Crippen LogP contribution in [0.3, 0.4) is 0 Å². The number of H-pyrrole nitrogens is 1. The van der Waals surface area contributed by atoms with Crippen molar-refractivity contribution < 1.29 is 10.0 Å². The number of piperidine rings is 1. The van der Waals surface area contributed by atoms with Gasteiger partial charge < -0.3 is 19.9 Å². The van der Waals surface area contributed by atoms with Gasteiger partial charge >= 0.3 is 0 Å². The summed E-state index contributed by atoms with van der Waals surface area (Å²) in [6, 6.07) is 4.86. The van der Waals surface area contributed by atoms with E-state index in [1.165, 1.54) is 6.07 Å². The van der Waals surface area contributed by atoms with E-state index in [-0.39, 0.29) is 28.7 Å². The van der Waals surface area contributed by atoms with Gasteiger partial charge in [-0.3, -0.25) is 19.9 Å². The maximum absolute atomic E-state index is 12.9. The molecule has 9 heteroatoms. The number of carbonyl (C=O) groups excluding carboxylic acids is 1. The Morgan fingerprint density at radius 3 is 2.89 bits per heavy atom. The van der Waals surface area contributed by atoms with Gasteiger partial charge in [0.05, 0.1) is 0 Å². The summed E-state index contributed by atoms with van der Waals surface area (Å²) < 4.78 is 1.56. The number of carbonyl (C=O) groups is 1. The maximum Gasteiger partial charge on any atom is 0.275 e. The number of hydrogen-bond acceptors (Lipinski definition) is 6. The molecule has 9 nitrogen and oxygen atoms in total. The molecule has 2 aromatic rings. The van der Waals surface area contributed by atoms with Crippen LogP contribution in [0.2, 0.25) is 0 Å². The van der Waals surface area contributed by atoms with Crippen molar-refractivity contribution in [3.63, 3.8) is 0 Å². The molecule has 2 aliphatic heterocycles. The number of aromatic amines is 1. The molecular formula is C19H24N5O4-. The molecule has 2 aromatic heterocycles. The molecule has 4 rings (SSSR count). The summed E-state index contributed by atoms with van der Waals surface area (Å²) >= 11 is 0. The van der Waals surface area contributed by atoms with Gasteiger partial charge in [-0.1, -0.05) is 13.8 Å². The van der Waals surface area contributed by atoms with Gasteiger partial charge in [0.25, 0.3) is 11.5 Å². The summed E-state index contributed by atoms with van der Waals surface area (Å²) in [5.41, 5.74) is 1.39. The number of pyridine rings is 1. The van der Waals surface area contributed by atoms with E-state index in [0.29, 0.717) is 31.2 Å². The number of aromatic nitrogens is 3. The third kappa shape index (κ3) is 3.31. The first-order chi connectivity index (χ1) is 13.3. The number of nitrogens with zero attached hydrogens (tertiary/aromatic N) is 4. The van der Waals surface area contributed by atoms with Crippen LogP contribution in [-0.4, -0.2) is 43.9 Å². The fourth-order valence-electron chi connectivity index (χ4n) is 4.42. The van der Waals surface area contributed by atoms with Crippen LogP contribution >= 0.6 is 0 Å². The Hall–Kier alpha value is -2.65. The highest BCUT2D eigenvalue weighted by atomic mass is 16.8. The Morgan fingerprint density at radius 2 is 2.18 bits per heavy atom. The molecule has 0 unspecified atom stereocenters. The third-order valence-electron chi connectivity index (χ3n) is 5.56. The Morgan fingerprint density at radius 1 is 1.39 bits per heavy atom. The summed E-state index contributed by atoms with van der Waals surface area (Å²) in [5.74, 6) is 0.512. The predicted octanol–water partition coefficient (Wildman–Crippen LogP) is 1.72. The van der Waals surface area contributed by atoms with E-state index in [1.54, 1.807) is 10.6 Å². The number of nitrogens with one attached hydrogen (secondary N) is 1. The fourth-order valence-corrected chi connectivity index (χ4v) is 4.42. The standard InChI is InChI=1S/C19H24N5O4/c1-11(2)5-14-7-15(21-20-14)18(25)22-8-12-6-13(10-22)16-3-4-17(24(27)28)19(26)23(16)9-12/h3-4,7,11-13,27H,5-6,8-10H2,1-2H3,(H,20,21)/q-1/t12-,13+/m1/s1. The van der Waals surface area contributed by atoms with Crippen LogP contribution in [0.4, 0.5) is 5.69 Å². The average molecular weight is 386 g/mol. The molecule has 2 aliphatic rings. The van der Waals surface area contributed by atoms with Crippen molar-refractivity contribution in [1.82, 2.24) is 19.7 Å². The predicted molar refractivity (Wildman–Crippen MR) is 102 cm³/mol. The zero-order valence-electron chi connectivity index (χ0n) is 16.0. The molecule has 28 heavy (non-hydrogen) atoms. The zero-order chi connectivity index (χ0) is 20.0. The quantitative estimate of drug-likeness (QED) is 0.773. The Balaban J connectivity index is 1.56. The summed E-state index contributed by atoms with van der Waals surface area (Å²) in [5, 5.41) is 27.0. The van der Waals surface area contributed by atoms with E-state index in [2.05, 4.69) is 24.0 Å². The van der Waals surface area contributed by atoms with Crippen LogP contribution in [0.15, 0.2) is 23.0 Å². The highest BCUT2D eigenvalue weighted by molar-refractivity contribution is 5.92. The minimum absolute atomic E-state index is 0.0195. The van der Waals surface area contributed by atoms with Gasteiger partial charge in [-0.15, -0.1) is 0 Å². The lowest BCUT2D eigenvalue weighted by Crippen LogP contribution is -2.49. The molecule has 150 valence electrons. The van der Waals surface area contributed by atoms with Gasteiger partial charge in [0.1, 0.15) is 11.4 Å². The second-order valence-corrected chi connectivity index (χ2v) is 8.22. The molecule has 2 N–H and O–H groups in total. The smallest absolute Gasteiger partial charge is 0.275 e. The zero-order valence-corrected chi connectivity index (χ0v) is 16.0. The lowest BCUT2D eigenvalue weighted by molar-refractivity contribution is 0.0588. The van der Waals surface area contributed by atoms with E-state index < -0.39 is 5.56 Å². The van der Waals surface area contributed by atoms with Crippen LogP contribution < -0.4 is 10.8 Å². The number of fused-ring (bicyclic) bond motifs is 4. The minimum atomic E-state index is -0.491. The molecular weight excluding hydrogens is 362 g/mol. The second-order valence-electron chi connectivity index (χ2n) is 8.22. The highest BCUT2D eigenvalue weighted by Gasteiger charge is 2.37. The van der Waals surface area contributed by atoms with Crippen molar-refractivity contribution in [2.45, 2.75) is 39.2 Å². The Bertz CT molecular complexity index is 948.